The highest BCUT2D eigenvalue weighted by Gasteiger charge is 2.22. The van der Waals surface area contributed by atoms with Gasteiger partial charge in [-0.25, -0.2) is 0 Å². The van der Waals surface area contributed by atoms with Crippen molar-refractivity contribution in [1.29, 1.82) is 0 Å². The van der Waals surface area contributed by atoms with Gasteiger partial charge in [0, 0.05) is 0 Å². The van der Waals surface area contributed by atoms with Gasteiger partial charge in [-0.2, -0.15) is 0 Å². The zero-order valence-corrected chi connectivity index (χ0v) is 9.58. The molecule has 0 saturated carbocycles. The summed E-state index contributed by atoms with van der Waals surface area (Å²) in [4.78, 5) is 0. The Morgan fingerprint density at radius 3 is 2.50 bits per heavy atom. The molecule has 1 aromatic heterocycles. The van der Waals surface area contributed by atoms with Crippen molar-refractivity contribution in [3.8, 4) is 0 Å². The maximum atomic E-state index is 5.46. The van der Waals surface area contributed by atoms with Gasteiger partial charge in [0.2, 0.25) is 0 Å². The summed E-state index contributed by atoms with van der Waals surface area (Å²) in [5.41, 5.74) is 0. The monoisotopic (exact) mass is 195 g/mol. The molecule has 0 fully saturated rings. The van der Waals surface area contributed by atoms with E-state index in [1.807, 2.05) is 12.1 Å². The van der Waals surface area contributed by atoms with Crippen molar-refractivity contribution in [3.05, 3.63) is 24.2 Å². The molecule has 2 nitrogen and oxygen atoms in total. The predicted octanol–water partition coefficient (Wildman–Crippen LogP) is 3.22. The van der Waals surface area contributed by atoms with Crippen LogP contribution in [0, 0.1) is 11.8 Å². The zero-order valence-electron chi connectivity index (χ0n) is 9.58. The van der Waals surface area contributed by atoms with E-state index in [0.29, 0.717) is 17.9 Å². The SMILES string of the molecule is CCNC(c1ccco1)C(C)C(C)C. The number of hydrogen-bond acceptors (Lipinski definition) is 2. The molecule has 1 heterocycles. The van der Waals surface area contributed by atoms with E-state index in [4.69, 9.17) is 4.42 Å². The van der Waals surface area contributed by atoms with E-state index < -0.39 is 0 Å². The first-order chi connectivity index (χ1) is 6.66. The minimum Gasteiger partial charge on any atom is -0.468 e. The minimum absolute atomic E-state index is 0.343. The lowest BCUT2D eigenvalue weighted by molar-refractivity contribution is 0.270. The van der Waals surface area contributed by atoms with Crippen molar-refractivity contribution in [2.24, 2.45) is 11.8 Å². The van der Waals surface area contributed by atoms with Gasteiger partial charge in [0.1, 0.15) is 5.76 Å². The van der Waals surface area contributed by atoms with Gasteiger partial charge in [-0.3, -0.25) is 0 Å². The first-order valence-electron chi connectivity index (χ1n) is 5.43. The molecule has 0 aliphatic heterocycles. The molecule has 2 atom stereocenters. The van der Waals surface area contributed by atoms with Crippen LogP contribution >= 0.6 is 0 Å². The molecule has 14 heavy (non-hydrogen) atoms. The van der Waals surface area contributed by atoms with Crippen LogP contribution in [-0.2, 0) is 0 Å². The second kappa shape index (κ2) is 5.20. The Balaban J connectivity index is 2.74. The molecule has 2 unspecified atom stereocenters. The highest BCUT2D eigenvalue weighted by molar-refractivity contribution is 5.05. The van der Waals surface area contributed by atoms with Crippen LogP contribution in [0.2, 0.25) is 0 Å². The lowest BCUT2D eigenvalue weighted by atomic mass is 9.89. The van der Waals surface area contributed by atoms with Crippen LogP contribution in [0.1, 0.15) is 39.5 Å². The van der Waals surface area contributed by atoms with Gasteiger partial charge in [0.05, 0.1) is 12.3 Å². The summed E-state index contributed by atoms with van der Waals surface area (Å²) in [5.74, 6) is 2.29. The molecule has 1 aromatic rings. The number of furan rings is 1. The molecule has 0 amide bonds. The van der Waals surface area contributed by atoms with Crippen LogP contribution in [-0.4, -0.2) is 6.54 Å². The fourth-order valence-electron chi connectivity index (χ4n) is 1.62. The Morgan fingerprint density at radius 1 is 1.36 bits per heavy atom. The van der Waals surface area contributed by atoms with Crippen molar-refractivity contribution in [3.63, 3.8) is 0 Å². The van der Waals surface area contributed by atoms with Crippen LogP contribution in [0.3, 0.4) is 0 Å². The fourth-order valence-corrected chi connectivity index (χ4v) is 1.62. The molecule has 0 bridgehead atoms. The Morgan fingerprint density at radius 2 is 2.07 bits per heavy atom. The second-order valence-corrected chi connectivity index (χ2v) is 4.15. The van der Waals surface area contributed by atoms with Gasteiger partial charge in [0.25, 0.3) is 0 Å². The number of rotatable bonds is 5. The highest BCUT2D eigenvalue weighted by Crippen LogP contribution is 2.27. The van der Waals surface area contributed by atoms with Crippen molar-refractivity contribution < 1.29 is 4.42 Å². The van der Waals surface area contributed by atoms with Crippen LogP contribution in [0.4, 0.5) is 0 Å². The molecular weight excluding hydrogens is 174 g/mol. The first-order valence-corrected chi connectivity index (χ1v) is 5.43. The van der Waals surface area contributed by atoms with E-state index in [9.17, 15) is 0 Å². The van der Waals surface area contributed by atoms with Crippen LogP contribution in [0.15, 0.2) is 22.8 Å². The van der Waals surface area contributed by atoms with Gasteiger partial charge in [-0.05, 0) is 30.5 Å². The normalized spacial score (nSPS) is 15.8. The Bertz CT molecular complexity index is 241. The molecule has 0 aromatic carbocycles. The third-order valence-electron chi connectivity index (χ3n) is 2.85. The molecule has 1 rings (SSSR count). The molecular formula is C12H21NO. The molecule has 1 N–H and O–H groups in total. The molecule has 0 saturated heterocycles. The summed E-state index contributed by atoms with van der Waals surface area (Å²) >= 11 is 0. The van der Waals surface area contributed by atoms with Crippen LogP contribution in [0.5, 0.6) is 0 Å². The largest absolute Gasteiger partial charge is 0.468 e. The Hall–Kier alpha value is -0.760. The maximum Gasteiger partial charge on any atom is 0.120 e. The van der Waals surface area contributed by atoms with E-state index >= 15 is 0 Å². The van der Waals surface area contributed by atoms with Crippen molar-refractivity contribution in [2.45, 2.75) is 33.7 Å². The van der Waals surface area contributed by atoms with Crippen LogP contribution in [0.25, 0.3) is 0 Å². The Labute approximate surface area is 86.7 Å². The third-order valence-corrected chi connectivity index (χ3v) is 2.85. The third kappa shape index (κ3) is 2.61. The maximum absolute atomic E-state index is 5.46. The summed E-state index contributed by atoms with van der Waals surface area (Å²) in [5, 5.41) is 3.47. The molecule has 2 heteroatoms. The van der Waals surface area contributed by atoms with E-state index in [2.05, 4.69) is 33.0 Å². The number of hydrogen-bond donors (Lipinski definition) is 1. The zero-order chi connectivity index (χ0) is 10.6. The van der Waals surface area contributed by atoms with E-state index in [1.165, 1.54) is 0 Å². The van der Waals surface area contributed by atoms with Crippen molar-refractivity contribution >= 4 is 0 Å². The van der Waals surface area contributed by atoms with Gasteiger partial charge >= 0.3 is 0 Å². The predicted molar refractivity (Wildman–Crippen MR) is 59.1 cm³/mol. The topological polar surface area (TPSA) is 25.2 Å². The molecule has 0 spiro atoms. The lowest BCUT2D eigenvalue weighted by Crippen LogP contribution is -2.29. The van der Waals surface area contributed by atoms with E-state index in [0.717, 1.165) is 12.3 Å². The summed E-state index contributed by atoms with van der Waals surface area (Å²) in [6, 6.07) is 4.34. The average Bonchev–Trinajstić information content (AvgIpc) is 2.65. The minimum atomic E-state index is 0.343. The van der Waals surface area contributed by atoms with Crippen molar-refractivity contribution in [2.75, 3.05) is 6.54 Å². The number of nitrogens with one attached hydrogen (secondary N) is 1. The lowest BCUT2D eigenvalue weighted by Gasteiger charge is -2.25. The summed E-state index contributed by atoms with van der Waals surface area (Å²) < 4.78 is 5.46. The van der Waals surface area contributed by atoms with E-state index in [-0.39, 0.29) is 0 Å². The van der Waals surface area contributed by atoms with Crippen LogP contribution < -0.4 is 5.32 Å². The second-order valence-electron chi connectivity index (χ2n) is 4.15. The molecule has 80 valence electrons. The first kappa shape index (κ1) is 11.3. The van der Waals surface area contributed by atoms with Gasteiger partial charge in [0.15, 0.2) is 0 Å². The van der Waals surface area contributed by atoms with Gasteiger partial charge < -0.3 is 9.73 Å². The van der Waals surface area contributed by atoms with Crippen molar-refractivity contribution in [1.82, 2.24) is 5.32 Å². The summed E-state index contributed by atoms with van der Waals surface area (Å²) in [6.45, 7) is 9.86. The highest BCUT2D eigenvalue weighted by atomic mass is 16.3. The Kier molecular flexibility index (Phi) is 4.21. The quantitative estimate of drug-likeness (QED) is 0.780. The molecule has 0 aliphatic rings. The summed E-state index contributed by atoms with van der Waals surface area (Å²) in [6.07, 6.45) is 1.74. The fraction of sp³-hybridized carbons (Fsp3) is 0.667. The van der Waals surface area contributed by atoms with Gasteiger partial charge in [-0.15, -0.1) is 0 Å². The molecule has 0 radical (unpaired) electrons. The smallest absolute Gasteiger partial charge is 0.120 e. The van der Waals surface area contributed by atoms with Gasteiger partial charge in [-0.1, -0.05) is 27.7 Å². The van der Waals surface area contributed by atoms with E-state index in [1.54, 1.807) is 6.26 Å². The standard InChI is InChI=1S/C12H21NO/c1-5-13-12(10(4)9(2)3)11-7-6-8-14-11/h6-10,12-13H,5H2,1-4H3. The average molecular weight is 195 g/mol. The molecule has 0 aliphatic carbocycles. The summed E-state index contributed by atoms with van der Waals surface area (Å²) in [7, 11) is 0.